The number of carbonyl (C=O) groups is 1. The van der Waals surface area contributed by atoms with Crippen LogP contribution in [0.3, 0.4) is 0 Å². The van der Waals surface area contributed by atoms with Crippen LogP contribution >= 0.6 is 7.75 Å². The van der Waals surface area contributed by atoms with Crippen LogP contribution in [-0.4, -0.2) is 18.1 Å². The molecule has 0 saturated heterocycles. The molecule has 1 unspecified atom stereocenters. The predicted molar refractivity (Wildman–Crippen MR) is 121 cm³/mol. The van der Waals surface area contributed by atoms with Crippen molar-refractivity contribution < 1.29 is 45.1 Å². The Kier molecular flexibility index (Phi) is 8.37. The third-order valence-corrected chi connectivity index (χ3v) is 6.19. The van der Waals surface area contributed by atoms with Crippen molar-refractivity contribution in [2.45, 2.75) is 32.9 Å². The van der Waals surface area contributed by atoms with Crippen molar-refractivity contribution >= 4 is 13.7 Å². The van der Waals surface area contributed by atoms with Crippen molar-refractivity contribution in [3.8, 4) is 22.6 Å². The number of nitrogens with one attached hydrogen (secondary N) is 1. The number of ether oxygens (including phenoxy) is 1. The lowest BCUT2D eigenvalue weighted by molar-refractivity contribution is -0.149. The molecule has 0 fully saturated rings. The maximum absolute atomic E-state index is 14.3. The zero-order valence-electron chi connectivity index (χ0n) is 19.2. The molecule has 0 heterocycles. The molecule has 2 atom stereocenters. The zero-order valence-corrected chi connectivity index (χ0v) is 20.1. The summed E-state index contributed by atoms with van der Waals surface area (Å²) in [6.45, 7) is 4.27. The van der Waals surface area contributed by atoms with E-state index in [-0.39, 0.29) is 5.75 Å². The normalized spacial score (nSPS) is 13.7. The summed E-state index contributed by atoms with van der Waals surface area (Å²) in [5.74, 6) is -14.7. The van der Waals surface area contributed by atoms with E-state index in [1.165, 1.54) is 19.1 Å². The molecule has 3 aromatic carbocycles. The van der Waals surface area contributed by atoms with Gasteiger partial charge in [-0.05, 0) is 32.4 Å². The number of para-hydroxylation sites is 1. The molecule has 192 valence electrons. The first-order chi connectivity index (χ1) is 16.9. The monoisotopic (exact) mass is 529 g/mol. The van der Waals surface area contributed by atoms with Gasteiger partial charge >= 0.3 is 13.7 Å². The topological polar surface area (TPSA) is 73.9 Å². The Morgan fingerprint density at radius 3 is 1.89 bits per heavy atom. The summed E-state index contributed by atoms with van der Waals surface area (Å²) >= 11 is 0. The van der Waals surface area contributed by atoms with Crippen LogP contribution in [0, 0.1) is 29.1 Å². The highest BCUT2D eigenvalue weighted by Gasteiger charge is 2.39. The quantitative estimate of drug-likeness (QED) is 0.112. The number of hydrogen-bond acceptors (Lipinski definition) is 5. The van der Waals surface area contributed by atoms with E-state index in [1.807, 2.05) is 0 Å². The lowest BCUT2D eigenvalue weighted by Crippen LogP contribution is -2.37. The van der Waals surface area contributed by atoms with Gasteiger partial charge in [-0.25, -0.2) is 17.7 Å². The Morgan fingerprint density at radius 1 is 0.778 bits per heavy atom. The van der Waals surface area contributed by atoms with Gasteiger partial charge in [0.1, 0.15) is 11.8 Å². The average molecular weight is 529 g/mol. The third kappa shape index (κ3) is 6.03. The van der Waals surface area contributed by atoms with Crippen molar-refractivity contribution in [3.63, 3.8) is 0 Å². The smallest absolute Gasteiger partial charge is 0.462 e. The highest BCUT2D eigenvalue weighted by atomic mass is 31.2. The molecule has 3 rings (SSSR count). The van der Waals surface area contributed by atoms with E-state index in [0.717, 1.165) is 0 Å². The molecule has 0 aliphatic heterocycles. The summed E-state index contributed by atoms with van der Waals surface area (Å²) in [5.41, 5.74) is 0.946. The molecule has 0 bridgehead atoms. The van der Waals surface area contributed by atoms with Crippen LogP contribution in [0.15, 0.2) is 54.6 Å². The Balaban J connectivity index is 2.08. The molecular weight excluding hydrogens is 508 g/mol. The van der Waals surface area contributed by atoms with E-state index < -0.39 is 60.7 Å². The number of rotatable bonds is 9. The maximum Gasteiger partial charge on any atom is 0.513 e. The lowest BCUT2D eigenvalue weighted by Gasteiger charge is -2.25. The minimum Gasteiger partial charge on any atom is -0.462 e. The highest BCUT2D eigenvalue weighted by Crippen LogP contribution is 2.49. The second kappa shape index (κ2) is 11.1. The van der Waals surface area contributed by atoms with E-state index in [9.17, 15) is 31.3 Å². The summed E-state index contributed by atoms with van der Waals surface area (Å²) in [6, 6.07) is 13.1. The molecule has 0 aliphatic rings. The van der Waals surface area contributed by atoms with Crippen molar-refractivity contribution in [2.75, 3.05) is 0 Å². The van der Waals surface area contributed by atoms with E-state index in [4.69, 9.17) is 13.8 Å². The number of benzene rings is 3. The Bertz CT molecular complexity index is 1280. The molecule has 0 radical (unpaired) electrons. The fourth-order valence-corrected chi connectivity index (χ4v) is 4.55. The van der Waals surface area contributed by atoms with Gasteiger partial charge in [-0.15, -0.1) is 0 Å². The molecule has 3 aromatic rings. The van der Waals surface area contributed by atoms with E-state index in [2.05, 4.69) is 5.09 Å². The fraction of sp³-hybridized carbons (Fsp3) is 0.208. The minimum atomic E-state index is -5.06. The lowest BCUT2D eigenvalue weighted by atomic mass is 10.1. The number of halogens is 5. The van der Waals surface area contributed by atoms with Crippen LogP contribution in [0.2, 0.25) is 0 Å². The second-order valence-corrected chi connectivity index (χ2v) is 9.40. The summed E-state index contributed by atoms with van der Waals surface area (Å²) in [6.07, 6.45) is -0.572. The molecule has 0 aliphatic carbocycles. The Labute approximate surface area is 203 Å². The molecule has 12 heteroatoms. The number of carbonyl (C=O) groups excluding carboxylic acids is 1. The summed E-state index contributed by atoms with van der Waals surface area (Å²) < 4.78 is 98.7. The standard InChI is InChI=1S/C24H21F5NO5P/c1-13(2)33-24(31)14(3)30-36(32,35-23-21(28)19(26)18(25)20(27)22(23)29)34-17-12-8-7-11-16(17)15-9-5-4-6-10-15/h4-14H,1-3H3,(H,30,32)/t14-,36?/m0/s1. The molecule has 0 aromatic heterocycles. The van der Waals surface area contributed by atoms with Gasteiger partial charge in [0.05, 0.1) is 6.10 Å². The van der Waals surface area contributed by atoms with Gasteiger partial charge in [0.15, 0.2) is 0 Å². The van der Waals surface area contributed by atoms with Gasteiger partial charge in [0, 0.05) is 5.56 Å². The van der Waals surface area contributed by atoms with Crippen LogP contribution in [-0.2, 0) is 14.1 Å². The van der Waals surface area contributed by atoms with E-state index in [1.54, 1.807) is 56.3 Å². The van der Waals surface area contributed by atoms with Crippen LogP contribution in [0.4, 0.5) is 22.0 Å². The van der Waals surface area contributed by atoms with Crippen molar-refractivity contribution in [1.82, 2.24) is 5.09 Å². The Hall–Kier alpha value is -3.43. The zero-order chi connectivity index (χ0) is 26.6. The number of esters is 1. The average Bonchev–Trinajstić information content (AvgIpc) is 2.84. The first kappa shape index (κ1) is 27.2. The van der Waals surface area contributed by atoms with Crippen molar-refractivity contribution in [3.05, 3.63) is 83.7 Å². The number of hydrogen-bond donors (Lipinski definition) is 1. The molecule has 1 N–H and O–H groups in total. The predicted octanol–water partition coefficient (Wildman–Crippen LogP) is 6.54. The molecular formula is C24H21F5NO5P. The van der Waals surface area contributed by atoms with E-state index >= 15 is 0 Å². The van der Waals surface area contributed by atoms with Crippen LogP contribution < -0.4 is 14.1 Å². The SMILES string of the molecule is CC(C)OC(=O)[C@H](C)NP(=O)(Oc1ccccc1-c1ccccc1)Oc1c(F)c(F)c(F)c(F)c1F. The highest BCUT2D eigenvalue weighted by molar-refractivity contribution is 7.52. The van der Waals surface area contributed by atoms with Crippen molar-refractivity contribution in [1.29, 1.82) is 0 Å². The summed E-state index contributed by atoms with van der Waals surface area (Å²) in [7, 11) is -5.06. The molecule has 36 heavy (non-hydrogen) atoms. The molecule has 0 spiro atoms. The van der Waals surface area contributed by atoms with Gasteiger partial charge in [-0.2, -0.15) is 13.9 Å². The first-order valence-electron chi connectivity index (χ1n) is 10.6. The molecule has 6 nitrogen and oxygen atoms in total. The third-order valence-electron chi connectivity index (χ3n) is 4.63. The molecule has 0 amide bonds. The second-order valence-electron chi connectivity index (χ2n) is 7.78. The van der Waals surface area contributed by atoms with Crippen LogP contribution in [0.5, 0.6) is 11.5 Å². The van der Waals surface area contributed by atoms with Gasteiger partial charge in [0.25, 0.3) is 0 Å². The fourth-order valence-electron chi connectivity index (χ4n) is 3.01. The summed E-state index contributed by atoms with van der Waals surface area (Å²) in [4.78, 5) is 12.3. The van der Waals surface area contributed by atoms with Gasteiger partial charge in [-0.1, -0.05) is 48.5 Å². The van der Waals surface area contributed by atoms with Crippen LogP contribution in [0.25, 0.3) is 11.1 Å². The largest absolute Gasteiger partial charge is 0.513 e. The van der Waals surface area contributed by atoms with E-state index in [0.29, 0.717) is 11.1 Å². The van der Waals surface area contributed by atoms with Gasteiger partial charge in [0.2, 0.25) is 34.8 Å². The maximum atomic E-state index is 14.3. The van der Waals surface area contributed by atoms with Crippen molar-refractivity contribution in [2.24, 2.45) is 0 Å². The summed E-state index contributed by atoms with van der Waals surface area (Å²) in [5, 5.41) is 2.15. The van der Waals surface area contributed by atoms with Crippen LogP contribution in [0.1, 0.15) is 20.8 Å². The van der Waals surface area contributed by atoms with Gasteiger partial charge in [-0.3, -0.25) is 4.79 Å². The first-order valence-corrected chi connectivity index (χ1v) is 12.1. The minimum absolute atomic E-state index is 0.132. The van der Waals surface area contributed by atoms with Gasteiger partial charge < -0.3 is 13.8 Å². The molecule has 0 saturated carbocycles. The Morgan fingerprint density at radius 2 is 1.31 bits per heavy atom.